The van der Waals surface area contributed by atoms with Crippen LogP contribution in [0, 0.1) is 0 Å². The zero-order valence-corrected chi connectivity index (χ0v) is 6.72. The average molecular weight is 152 g/mol. The topological polar surface area (TPSA) is 26.3 Å². The zero-order chi connectivity index (χ0) is 8.69. The molecule has 11 heavy (non-hydrogen) atoms. The molecule has 0 fully saturated rings. The Hall–Kier alpha value is -1.27. The van der Waals surface area contributed by atoms with Crippen LogP contribution >= 0.6 is 0 Å². The van der Waals surface area contributed by atoms with Gasteiger partial charge in [-0.3, -0.25) is 0 Å². The average Bonchev–Trinajstić information content (AvgIpc) is 2.00. The fraction of sp³-hybridized carbons (Fsp3) is 0.333. The standard InChI is InChI=1S/C9H12O2/c1-4-7-8(5-2)9(10)11-6-3/h4H,1-2,6-7H2,3H3. The van der Waals surface area contributed by atoms with Gasteiger partial charge in [0.25, 0.3) is 0 Å². The molecule has 0 aliphatic carbocycles. The van der Waals surface area contributed by atoms with Crippen LogP contribution in [0.15, 0.2) is 30.5 Å². The van der Waals surface area contributed by atoms with Crippen molar-refractivity contribution in [3.05, 3.63) is 30.5 Å². The lowest BCUT2D eigenvalue weighted by Crippen LogP contribution is -2.06. The Morgan fingerprint density at radius 3 is 2.73 bits per heavy atom. The third-order valence-electron chi connectivity index (χ3n) is 1.08. The molecule has 0 rings (SSSR count). The van der Waals surface area contributed by atoms with Gasteiger partial charge in [-0.25, -0.2) is 4.79 Å². The molecule has 0 saturated carbocycles. The maximum Gasteiger partial charge on any atom is 0.342 e. The molecule has 0 aliphatic heterocycles. The van der Waals surface area contributed by atoms with Crippen LogP contribution in [0.4, 0.5) is 0 Å². The number of ether oxygens (including phenoxy) is 1. The fourth-order valence-corrected chi connectivity index (χ4v) is 0.590. The molecule has 0 amide bonds. The van der Waals surface area contributed by atoms with Crippen LogP contribution in [0.25, 0.3) is 0 Å². The quantitative estimate of drug-likeness (QED) is 0.266. The normalized spacial score (nSPS) is 8.09. The smallest absolute Gasteiger partial charge is 0.342 e. The minimum Gasteiger partial charge on any atom is -0.462 e. The van der Waals surface area contributed by atoms with Gasteiger partial charge >= 0.3 is 5.97 Å². The molecule has 0 radical (unpaired) electrons. The summed E-state index contributed by atoms with van der Waals surface area (Å²) >= 11 is 0. The van der Waals surface area contributed by atoms with Crippen LogP contribution in [0.3, 0.4) is 0 Å². The summed E-state index contributed by atoms with van der Waals surface area (Å²) in [6.07, 6.45) is 2.08. The first-order valence-corrected chi connectivity index (χ1v) is 3.43. The number of rotatable bonds is 4. The van der Waals surface area contributed by atoms with Gasteiger partial charge in [-0.15, -0.1) is 12.3 Å². The Morgan fingerprint density at radius 1 is 1.73 bits per heavy atom. The first-order valence-electron chi connectivity index (χ1n) is 3.43. The van der Waals surface area contributed by atoms with E-state index in [1.54, 1.807) is 13.0 Å². The zero-order valence-electron chi connectivity index (χ0n) is 6.72. The number of allylic oxidation sites excluding steroid dienone is 1. The molecule has 60 valence electrons. The molecule has 0 spiro atoms. The summed E-state index contributed by atoms with van der Waals surface area (Å²) in [5.41, 5.74) is 2.94. The highest BCUT2D eigenvalue weighted by molar-refractivity contribution is 5.88. The summed E-state index contributed by atoms with van der Waals surface area (Å²) in [4.78, 5) is 11.0. The Balaban J connectivity index is 4.16. The first-order chi connectivity index (χ1) is 5.26. The van der Waals surface area contributed by atoms with Gasteiger partial charge in [-0.2, -0.15) is 0 Å². The molecule has 2 nitrogen and oxygen atoms in total. The molecule has 0 heterocycles. The van der Waals surface area contributed by atoms with E-state index in [4.69, 9.17) is 4.74 Å². The van der Waals surface area contributed by atoms with Crippen LogP contribution in [0.5, 0.6) is 0 Å². The van der Waals surface area contributed by atoms with Gasteiger partial charge in [0.05, 0.1) is 12.2 Å². The summed E-state index contributed by atoms with van der Waals surface area (Å²) in [7, 11) is 0. The molecular formula is C9H12O2. The van der Waals surface area contributed by atoms with Gasteiger partial charge in [0.15, 0.2) is 0 Å². The van der Waals surface area contributed by atoms with E-state index in [-0.39, 0.29) is 5.97 Å². The molecular weight excluding hydrogens is 140 g/mol. The second-order valence-electron chi connectivity index (χ2n) is 1.87. The third-order valence-corrected chi connectivity index (χ3v) is 1.08. The van der Waals surface area contributed by atoms with Crippen molar-refractivity contribution in [3.8, 4) is 0 Å². The summed E-state index contributed by atoms with van der Waals surface area (Å²) in [5, 5.41) is 0. The number of esters is 1. The summed E-state index contributed by atoms with van der Waals surface area (Å²) < 4.78 is 4.72. The van der Waals surface area contributed by atoms with Crippen LogP contribution in [0.1, 0.15) is 13.3 Å². The highest BCUT2D eigenvalue weighted by Gasteiger charge is 2.06. The molecule has 0 aromatic heterocycles. The van der Waals surface area contributed by atoms with E-state index >= 15 is 0 Å². The van der Waals surface area contributed by atoms with E-state index in [0.29, 0.717) is 18.6 Å². The van der Waals surface area contributed by atoms with E-state index in [1.807, 2.05) is 0 Å². The number of hydrogen-bond donors (Lipinski definition) is 0. The van der Waals surface area contributed by atoms with E-state index in [2.05, 4.69) is 18.9 Å². The Labute approximate surface area is 66.9 Å². The van der Waals surface area contributed by atoms with Crippen molar-refractivity contribution >= 4 is 5.97 Å². The van der Waals surface area contributed by atoms with E-state index in [9.17, 15) is 4.79 Å². The fourth-order valence-electron chi connectivity index (χ4n) is 0.590. The van der Waals surface area contributed by atoms with Gasteiger partial charge in [-0.05, 0) is 6.92 Å². The Morgan fingerprint density at radius 2 is 2.36 bits per heavy atom. The van der Waals surface area contributed by atoms with Crippen molar-refractivity contribution in [2.75, 3.05) is 6.61 Å². The molecule has 0 bridgehead atoms. The van der Waals surface area contributed by atoms with E-state index < -0.39 is 0 Å². The monoisotopic (exact) mass is 152 g/mol. The summed E-state index contributed by atoms with van der Waals surface area (Å²) in [6.45, 7) is 9.00. The minimum atomic E-state index is -0.359. The van der Waals surface area contributed by atoms with Crippen LogP contribution in [-0.2, 0) is 9.53 Å². The van der Waals surface area contributed by atoms with Crippen molar-refractivity contribution in [3.63, 3.8) is 0 Å². The molecule has 2 heteroatoms. The van der Waals surface area contributed by atoms with Crippen molar-refractivity contribution in [1.29, 1.82) is 0 Å². The predicted molar refractivity (Wildman–Crippen MR) is 44.1 cm³/mol. The van der Waals surface area contributed by atoms with Gasteiger partial charge < -0.3 is 4.74 Å². The van der Waals surface area contributed by atoms with Crippen LogP contribution in [0.2, 0.25) is 0 Å². The number of hydrogen-bond acceptors (Lipinski definition) is 2. The van der Waals surface area contributed by atoms with Crippen LogP contribution in [-0.4, -0.2) is 12.6 Å². The lowest BCUT2D eigenvalue weighted by Gasteiger charge is -2.00. The summed E-state index contributed by atoms with van der Waals surface area (Å²) in [6, 6.07) is 0. The Bertz CT molecular complexity index is 198. The molecule has 0 aromatic carbocycles. The van der Waals surface area contributed by atoms with Gasteiger partial charge in [-0.1, -0.05) is 12.7 Å². The highest BCUT2D eigenvalue weighted by Crippen LogP contribution is 2.01. The molecule has 0 unspecified atom stereocenters. The SMILES string of the molecule is C=C=C(CC=C)C(=O)OCC. The van der Waals surface area contributed by atoms with E-state index in [0.717, 1.165) is 0 Å². The Kier molecular flexibility index (Phi) is 4.87. The number of carbonyl (C=O) groups is 1. The molecule has 0 aromatic rings. The second-order valence-corrected chi connectivity index (χ2v) is 1.87. The molecule has 0 aliphatic rings. The lowest BCUT2D eigenvalue weighted by atomic mass is 10.2. The second kappa shape index (κ2) is 5.51. The first kappa shape index (κ1) is 9.73. The largest absolute Gasteiger partial charge is 0.462 e. The lowest BCUT2D eigenvalue weighted by molar-refractivity contribution is -0.138. The maximum atomic E-state index is 11.0. The minimum absolute atomic E-state index is 0.359. The van der Waals surface area contributed by atoms with Gasteiger partial charge in [0, 0.05) is 6.42 Å². The van der Waals surface area contributed by atoms with Crippen molar-refractivity contribution in [2.45, 2.75) is 13.3 Å². The molecule has 0 N–H and O–H groups in total. The van der Waals surface area contributed by atoms with Gasteiger partial charge in [0.1, 0.15) is 0 Å². The summed E-state index contributed by atoms with van der Waals surface area (Å²) in [5.74, 6) is -0.359. The predicted octanol–water partition coefficient (Wildman–Crippen LogP) is 1.84. The highest BCUT2D eigenvalue weighted by atomic mass is 16.5. The van der Waals surface area contributed by atoms with E-state index in [1.165, 1.54) is 0 Å². The third kappa shape index (κ3) is 3.43. The van der Waals surface area contributed by atoms with Gasteiger partial charge in [0.2, 0.25) is 0 Å². The van der Waals surface area contributed by atoms with Crippen molar-refractivity contribution in [1.82, 2.24) is 0 Å². The van der Waals surface area contributed by atoms with Crippen molar-refractivity contribution < 1.29 is 9.53 Å². The molecule has 0 saturated heterocycles. The van der Waals surface area contributed by atoms with Crippen molar-refractivity contribution in [2.24, 2.45) is 0 Å². The maximum absolute atomic E-state index is 11.0. The van der Waals surface area contributed by atoms with Crippen LogP contribution < -0.4 is 0 Å². The number of carbonyl (C=O) groups excluding carboxylic acids is 1. The molecule has 0 atom stereocenters.